The Labute approximate surface area is 89.6 Å². The Morgan fingerprint density at radius 3 is 3.13 bits per heavy atom. The van der Waals surface area contributed by atoms with Crippen molar-refractivity contribution in [3.05, 3.63) is 45.7 Å². The van der Waals surface area contributed by atoms with Crippen LogP contribution in [0.2, 0.25) is 5.02 Å². The first-order valence-corrected chi connectivity index (χ1v) is 4.43. The highest BCUT2D eigenvalue weighted by Crippen LogP contribution is 2.14. The van der Waals surface area contributed by atoms with Gasteiger partial charge in [0.15, 0.2) is 5.82 Å². The van der Waals surface area contributed by atoms with Gasteiger partial charge in [-0.3, -0.25) is 9.36 Å². The number of hydrogen-bond acceptors (Lipinski definition) is 3. The second kappa shape index (κ2) is 3.59. The van der Waals surface area contributed by atoms with Crippen molar-refractivity contribution in [1.82, 2.24) is 14.5 Å². The van der Waals surface area contributed by atoms with Crippen LogP contribution in [0.4, 0.5) is 0 Å². The summed E-state index contributed by atoms with van der Waals surface area (Å²) < 4.78 is 1.46. The number of nitrogens with zero attached hydrogens (tertiary/aromatic N) is 3. The van der Waals surface area contributed by atoms with Gasteiger partial charge in [0, 0.05) is 6.20 Å². The van der Waals surface area contributed by atoms with Crippen molar-refractivity contribution in [3.8, 4) is 11.9 Å². The van der Waals surface area contributed by atoms with Crippen molar-refractivity contribution in [2.45, 2.75) is 0 Å². The molecule has 0 fully saturated rings. The molecule has 0 saturated carbocycles. The molecule has 2 aromatic rings. The summed E-state index contributed by atoms with van der Waals surface area (Å²) in [5, 5.41) is 8.76. The Hall–Kier alpha value is -2.06. The Morgan fingerprint density at radius 2 is 2.40 bits per heavy atom. The van der Waals surface area contributed by atoms with Gasteiger partial charge in [-0.05, 0) is 12.1 Å². The summed E-state index contributed by atoms with van der Waals surface area (Å²) in [6.45, 7) is 0. The zero-order chi connectivity index (χ0) is 10.8. The number of aromatic amines is 1. The number of halogens is 1. The normalized spacial score (nSPS) is 9.87. The third-order valence-corrected chi connectivity index (χ3v) is 2.21. The maximum Gasteiger partial charge on any atom is 0.271 e. The highest BCUT2D eigenvalue weighted by molar-refractivity contribution is 6.31. The van der Waals surface area contributed by atoms with Crippen molar-refractivity contribution < 1.29 is 0 Å². The van der Waals surface area contributed by atoms with E-state index in [0.717, 1.165) is 0 Å². The standard InChI is InChI=1S/C9H5ClN4O/c10-7-8(12-5-13-9(7)15)14-3-1-2-6(14)4-11/h1-3,5H,(H,12,13,15). The molecule has 1 N–H and O–H groups in total. The van der Waals surface area contributed by atoms with E-state index in [1.54, 1.807) is 18.3 Å². The van der Waals surface area contributed by atoms with E-state index in [0.29, 0.717) is 5.69 Å². The predicted molar refractivity (Wildman–Crippen MR) is 53.9 cm³/mol. The van der Waals surface area contributed by atoms with E-state index in [-0.39, 0.29) is 10.8 Å². The minimum absolute atomic E-state index is 0.0369. The van der Waals surface area contributed by atoms with Crippen molar-refractivity contribution in [1.29, 1.82) is 5.26 Å². The minimum Gasteiger partial charge on any atom is -0.312 e. The molecule has 0 atom stereocenters. The monoisotopic (exact) mass is 220 g/mol. The van der Waals surface area contributed by atoms with Crippen LogP contribution in [0.5, 0.6) is 0 Å². The summed E-state index contributed by atoms with van der Waals surface area (Å²) >= 11 is 5.78. The van der Waals surface area contributed by atoms with E-state index in [2.05, 4.69) is 9.97 Å². The van der Waals surface area contributed by atoms with Gasteiger partial charge in [0.2, 0.25) is 0 Å². The number of nitrogens with one attached hydrogen (secondary N) is 1. The van der Waals surface area contributed by atoms with E-state index in [9.17, 15) is 4.79 Å². The highest BCUT2D eigenvalue weighted by atomic mass is 35.5. The summed E-state index contributed by atoms with van der Waals surface area (Å²) in [7, 11) is 0. The molecule has 0 saturated heterocycles. The molecule has 0 aliphatic carbocycles. The fourth-order valence-corrected chi connectivity index (χ4v) is 1.39. The van der Waals surface area contributed by atoms with Gasteiger partial charge in [-0.1, -0.05) is 11.6 Å². The summed E-state index contributed by atoms with van der Waals surface area (Å²) in [6.07, 6.45) is 2.86. The van der Waals surface area contributed by atoms with Gasteiger partial charge in [0.05, 0.1) is 6.33 Å². The van der Waals surface area contributed by atoms with Gasteiger partial charge in [-0.15, -0.1) is 0 Å². The lowest BCUT2D eigenvalue weighted by Gasteiger charge is -2.03. The molecular formula is C9H5ClN4O. The van der Waals surface area contributed by atoms with Gasteiger partial charge < -0.3 is 4.98 Å². The summed E-state index contributed by atoms with van der Waals surface area (Å²) in [4.78, 5) is 17.5. The van der Waals surface area contributed by atoms with Crippen molar-refractivity contribution >= 4 is 11.6 Å². The van der Waals surface area contributed by atoms with Crippen LogP contribution in [0.3, 0.4) is 0 Å². The van der Waals surface area contributed by atoms with Gasteiger partial charge >= 0.3 is 0 Å². The minimum atomic E-state index is -0.431. The third-order valence-electron chi connectivity index (χ3n) is 1.87. The maximum absolute atomic E-state index is 11.2. The van der Waals surface area contributed by atoms with E-state index in [1.807, 2.05) is 6.07 Å². The van der Waals surface area contributed by atoms with Crippen molar-refractivity contribution in [2.75, 3.05) is 0 Å². The molecule has 2 aromatic heterocycles. The molecule has 15 heavy (non-hydrogen) atoms. The molecule has 0 amide bonds. The molecule has 0 aliphatic rings. The number of rotatable bonds is 1. The van der Waals surface area contributed by atoms with E-state index < -0.39 is 5.56 Å². The lowest BCUT2D eigenvalue weighted by atomic mass is 10.4. The molecule has 0 aromatic carbocycles. The molecule has 0 spiro atoms. The second-order valence-electron chi connectivity index (χ2n) is 2.74. The van der Waals surface area contributed by atoms with Gasteiger partial charge in [0.1, 0.15) is 16.8 Å². The van der Waals surface area contributed by atoms with E-state index >= 15 is 0 Å². The molecule has 6 heteroatoms. The average molecular weight is 221 g/mol. The molecule has 2 rings (SSSR count). The van der Waals surface area contributed by atoms with Crippen LogP contribution in [0.15, 0.2) is 29.5 Å². The van der Waals surface area contributed by atoms with E-state index in [1.165, 1.54) is 10.9 Å². The summed E-state index contributed by atoms with van der Waals surface area (Å²) in [6, 6.07) is 5.26. The first kappa shape index (κ1) is 9.49. The molecule has 0 radical (unpaired) electrons. The van der Waals surface area contributed by atoms with Crippen LogP contribution in [0, 0.1) is 11.3 Å². The second-order valence-corrected chi connectivity index (χ2v) is 3.12. The molecule has 0 bridgehead atoms. The molecular weight excluding hydrogens is 216 g/mol. The predicted octanol–water partition coefficient (Wildman–Crippen LogP) is 1.09. The van der Waals surface area contributed by atoms with Crippen LogP contribution >= 0.6 is 11.6 Å². The number of nitriles is 1. The van der Waals surface area contributed by atoms with Crippen LogP contribution in [0.1, 0.15) is 5.69 Å². The lowest BCUT2D eigenvalue weighted by molar-refractivity contribution is 0.955. The first-order valence-electron chi connectivity index (χ1n) is 4.05. The molecule has 0 unspecified atom stereocenters. The Bertz CT molecular complexity index is 593. The largest absolute Gasteiger partial charge is 0.312 e. The van der Waals surface area contributed by atoms with Crippen LogP contribution in [-0.2, 0) is 0 Å². The van der Waals surface area contributed by atoms with E-state index in [4.69, 9.17) is 16.9 Å². The highest BCUT2D eigenvalue weighted by Gasteiger charge is 2.10. The zero-order valence-corrected chi connectivity index (χ0v) is 8.19. The molecule has 74 valence electrons. The fourth-order valence-electron chi connectivity index (χ4n) is 1.20. The zero-order valence-electron chi connectivity index (χ0n) is 7.44. The quantitative estimate of drug-likeness (QED) is 0.782. The van der Waals surface area contributed by atoms with Crippen molar-refractivity contribution in [3.63, 3.8) is 0 Å². The number of hydrogen-bond donors (Lipinski definition) is 1. The van der Waals surface area contributed by atoms with Crippen molar-refractivity contribution in [2.24, 2.45) is 0 Å². The SMILES string of the molecule is N#Cc1cccn1-c1nc[nH]c(=O)c1Cl. The topological polar surface area (TPSA) is 74.5 Å². The smallest absolute Gasteiger partial charge is 0.271 e. The fraction of sp³-hybridized carbons (Fsp3) is 0. The summed E-state index contributed by atoms with van der Waals surface area (Å²) in [5.41, 5.74) is -0.0609. The lowest BCUT2D eigenvalue weighted by Crippen LogP contribution is -2.12. The summed E-state index contributed by atoms with van der Waals surface area (Å²) in [5.74, 6) is 0.252. The Balaban J connectivity index is 2.71. The van der Waals surface area contributed by atoms with Gasteiger partial charge in [-0.25, -0.2) is 4.98 Å². The average Bonchev–Trinajstić information content (AvgIpc) is 2.70. The van der Waals surface area contributed by atoms with Gasteiger partial charge in [-0.2, -0.15) is 5.26 Å². The molecule has 0 aliphatic heterocycles. The van der Waals surface area contributed by atoms with Crippen LogP contribution in [0.25, 0.3) is 5.82 Å². The molecule has 5 nitrogen and oxygen atoms in total. The van der Waals surface area contributed by atoms with Crippen LogP contribution < -0.4 is 5.56 Å². The maximum atomic E-state index is 11.2. The molecule has 2 heterocycles. The Kier molecular flexibility index (Phi) is 2.27. The first-order chi connectivity index (χ1) is 7.24. The third kappa shape index (κ3) is 1.51. The number of H-pyrrole nitrogens is 1. The number of aromatic nitrogens is 3. The Morgan fingerprint density at radius 1 is 1.60 bits per heavy atom. The van der Waals surface area contributed by atoms with Gasteiger partial charge in [0.25, 0.3) is 5.56 Å². The van der Waals surface area contributed by atoms with Crippen LogP contribution in [-0.4, -0.2) is 14.5 Å².